The molecule has 2 nitrogen and oxygen atoms in total. The number of aryl methyl sites for hydroxylation is 2. The zero-order chi connectivity index (χ0) is 10.3. The molecule has 0 amide bonds. The maximum Gasteiger partial charge on any atom is 0.171 e. The first-order valence-electron chi connectivity index (χ1n) is 5.04. The molecule has 1 aliphatic rings. The average Bonchev–Trinajstić information content (AvgIpc) is 2.47. The van der Waals surface area contributed by atoms with Gasteiger partial charge in [0.15, 0.2) is 5.75 Å². The lowest BCUT2D eigenvalue weighted by Gasteiger charge is -2.18. The third-order valence-corrected chi connectivity index (χ3v) is 3.16. The molecular formula is C12H16O2. The highest BCUT2D eigenvalue weighted by atomic mass is 17.2. The number of hydrogen-bond donors (Lipinski definition) is 0. The molecule has 1 aromatic carbocycles. The van der Waals surface area contributed by atoms with Gasteiger partial charge in [0, 0.05) is 5.56 Å². The number of benzene rings is 1. The van der Waals surface area contributed by atoms with E-state index >= 15 is 0 Å². The molecule has 0 radical (unpaired) electrons. The highest BCUT2D eigenvalue weighted by molar-refractivity contribution is 5.45. The minimum atomic E-state index is -0.270. The Labute approximate surface area is 84.8 Å². The molecule has 0 N–H and O–H groups in total. The molecule has 2 heteroatoms. The van der Waals surface area contributed by atoms with Crippen molar-refractivity contribution in [1.29, 1.82) is 0 Å². The fourth-order valence-electron chi connectivity index (χ4n) is 1.70. The van der Waals surface area contributed by atoms with E-state index in [9.17, 15) is 0 Å². The summed E-state index contributed by atoms with van der Waals surface area (Å²) in [4.78, 5) is 10.6. The summed E-state index contributed by atoms with van der Waals surface area (Å²) in [6.45, 7) is 8.37. The van der Waals surface area contributed by atoms with Gasteiger partial charge in [0.25, 0.3) is 0 Å². The van der Waals surface area contributed by atoms with Gasteiger partial charge in [-0.25, -0.2) is 0 Å². The van der Waals surface area contributed by atoms with Crippen LogP contribution >= 0.6 is 0 Å². The summed E-state index contributed by atoms with van der Waals surface area (Å²) in [5, 5.41) is 0. The monoisotopic (exact) mass is 192 g/mol. The van der Waals surface area contributed by atoms with Crippen molar-refractivity contribution in [3.05, 3.63) is 28.8 Å². The molecule has 0 bridgehead atoms. The van der Waals surface area contributed by atoms with Crippen molar-refractivity contribution in [2.24, 2.45) is 0 Å². The maximum absolute atomic E-state index is 5.37. The van der Waals surface area contributed by atoms with Crippen molar-refractivity contribution in [2.45, 2.75) is 39.7 Å². The van der Waals surface area contributed by atoms with E-state index in [2.05, 4.69) is 33.8 Å². The van der Waals surface area contributed by atoms with Gasteiger partial charge in [-0.05, 0) is 50.5 Å². The van der Waals surface area contributed by atoms with Crippen LogP contribution in [0.15, 0.2) is 12.1 Å². The van der Waals surface area contributed by atoms with Crippen LogP contribution in [0, 0.1) is 13.8 Å². The molecule has 1 atom stereocenters. The normalized spacial score (nSPS) is 24.6. The van der Waals surface area contributed by atoms with Crippen LogP contribution in [0.25, 0.3) is 0 Å². The summed E-state index contributed by atoms with van der Waals surface area (Å²) in [5.74, 6) is 0.873. The predicted octanol–water partition coefficient (Wildman–Crippen LogP) is 3.25. The van der Waals surface area contributed by atoms with E-state index in [0.29, 0.717) is 0 Å². The van der Waals surface area contributed by atoms with Crippen molar-refractivity contribution >= 4 is 0 Å². The zero-order valence-corrected chi connectivity index (χ0v) is 9.18. The van der Waals surface area contributed by atoms with Crippen LogP contribution in [-0.4, -0.2) is 0 Å². The molecule has 0 fully saturated rings. The van der Waals surface area contributed by atoms with Crippen LogP contribution in [0.2, 0.25) is 0 Å². The Hall–Kier alpha value is -1.02. The summed E-state index contributed by atoms with van der Waals surface area (Å²) in [6.07, 6.45) is 0.919. The molecule has 2 rings (SSSR count). The van der Waals surface area contributed by atoms with Gasteiger partial charge in [0.2, 0.25) is 0 Å². The SMILES string of the molecule is CCC1(C)OOc2cc(C)c(C)cc21. The van der Waals surface area contributed by atoms with Crippen LogP contribution in [0.1, 0.15) is 37.0 Å². The van der Waals surface area contributed by atoms with Gasteiger partial charge in [0.1, 0.15) is 5.60 Å². The Morgan fingerprint density at radius 2 is 1.86 bits per heavy atom. The maximum atomic E-state index is 5.37. The van der Waals surface area contributed by atoms with E-state index in [1.807, 2.05) is 6.07 Å². The Balaban J connectivity index is 2.56. The van der Waals surface area contributed by atoms with E-state index in [1.165, 1.54) is 16.7 Å². The Kier molecular flexibility index (Phi) is 2.04. The molecule has 0 spiro atoms. The Morgan fingerprint density at radius 3 is 2.50 bits per heavy atom. The number of fused-ring (bicyclic) bond motifs is 1. The van der Waals surface area contributed by atoms with Crippen molar-refractivity contribution in [3.8, 4) is 5.75 Å². The van der Waals surface area contributed by atoms with Crippen LogP contribution in [0.4, 0.5) is 0 Å². The van der Waals surface area contributed by atoms with E-state index in [4.69, 9.17) is 9.78 Å². The number of rotatable bonds is 1. The van der Waals surface area contributed by atoms with Gasteiger partial charge in [-0.15, -0.1) is 0 Å². The van der Waals surface area contributed by atoms with Crippen molar-refractivity contribution < 1.29 is 9.78 Å². The first-order valence-corrected chi connectivity index (χ1v) is 5.04. The molecule has 1 aliphatic heterocycles. The van der Waals surface area contributed by atoms with Gasteiger partial charge in [-0.1, -0.05) is 6.92 Å². The number of hydrogen-bond acceptors (Lipinski definition) is 2. The standard InChI is InChI=1S/C12H16O2/c1-5-12(4)10-6-8(2)9(3)7-11(10)13-14-12/h6-7H,5H2,1-4H3. The average molecular weight is 192 g/mol. The van der Waals surface area contributed by atoms with Gasteiger partial charge in [-0.3, -0.25) is 0 Å². The third-order valence-electron chi connectivity index (χ3n) is 3.16. The van der Waals surface area contributed by atoms with E-state index in [0.717, 1.165) is 12.2 Å². The molecule has 76 valence electrons. The topological polar surface area (TPSA) is 18.5 Å². The molecule has 0 saturated carbocycles. The van der Waals surface area contributed by atoms with Gasteiger partial charge >= 0.3 is 0 Å². The second-order valence-electron chi connectivity index (χ2n) is 4.18. The molecule has 1 aromatic rings. The second-order valence-corrected chi connectivity index (χ2v) is 4.18. The van der Waals surface area contributed by atoms with Crippen molar-refractivity contribution in [3.63, 3.8) is 0 Å². The highest BCUT2D eigenvalue weighted by Crippen LogP contribution is 2.42. The first kappa shape index (κ1) is 9.53. The van der Waals surface area contributed by atoms with E-state index in [1.54, 1.807) is 0 Å². The van der Waals surface area contributed by atoms with Crippen LogP contribution in [0.3, 0.4) is 0 Å². The third kappa shape index (κ3) is 1.22. The van der Waals surface area contributed by atoms with Crippen molar-refractivity contribution in [1.82, 2.24) is 0 Å². The molecular weight excluding hydrogens is 176 g/mol. The molecule has 1 heterocycles. The summed E-state index contributed by atoms with van der Waals surface area (Å²) >= 11 is 0. The summed E-state index contributed by atoms with van der Waals surface area (Å²) < 4.78 is 0. The van der Waals surface area contributed by atoms with Gasteiger partial charge in [0.05, 0.1) is 0 Å². The smallest absolute Gasteiger partial charge is 0.171 e. The molecule has 1 unspecified atom stereocenters. The van der Waals surface area contributed by atoms with Gasteiger partial charge in [-0.2, -0.15) is 4.89 Å². The molecule has 0 aromatic heterocycles. The Morgan fingerprint density at radius 1 is 1.21 bits per heavy atom. The molecule has 14 heavy (non-hydrogen) atoms. The fourth-order valence-corrected chi connectivity index (χ4v) is 1.70. The molecule has 0 saturated heterocycles. The van der Waals surface area contributed by atoms with Crippen LogP contribution in [0.5, 0.6) is 5.75 Å². The minimum Gasteiger partial charge on any atom is -0.336 e. The highest BCUT2D eigenvalue weighted by Gasteiger charge is 2.37. The van der Waals surface area contributed by atoms with E-state index < -0.39 is 0 Å². The Bertz CT molecular complexity index is 371. The lowest BCUT2D eigenvalue weighted by molar-refractivity contribution is -0.267. The quantitative estimate of drug-likeness (QED) is 0.636. The van der Waals surface area contributed by atoms with Crippen LogP contribution in [-0.2, 0) is 10.5 Å². The van der Waals surface area contributed by atoms with Crippen molar-refractivity contribution in [2.75, 3.05) is 0 Å². The van der Waals surface area contributed by atoms with Gasteiger partial charge < -0.3 is 4.89 Å². The minimum absolute atomic E-state index is 0.270. The van der Waals surface area contributed by atoms with E-state index in [-0.39, 0.29) is 5.60 Å². The molecule has 0 aliphatic carbocycles. The first-order chi connectivity index (χ1) is 6.57. The van der Waals surface area contributed by atoms with Crippen LogP contribution < -0.4 is 4.89 Å². The lowest BCUT2D eigenvalue weighted by Crippen LogP contribution is -2.19. The lowest BCUT2D eigenvalue weighted by atomic mass is 9.90. The summed E-state index contributed by atoms with van der Waals surface area (Å²) in [6, 6.07) is 4.22. The summed E-state index contributed by atoms with van der Waals surface area (Å²) in [5.41, 5.74) is 3.43. The predicted molar refractivity (Wildman–Crippen MR) is 55.3 cm³/mol. The largest absolute Gasteiger partial charge is 0.336 e. The second kappa shape index (κ2) is 2.99. The fraction of sp³-hybridized carbons (Fsp3) is 0.500. The zero-order valence-electron chi connectivity index (χ0n) is 9.18. The summed E-state index contributed by atoms with van der Waals surface area (Å²) in [7, 11) is 0.